The topological polar surface area (TPSA) is 41.3 Å². The summed E-state index contributed by atoms with van der Waals surface area (Å²) in [5, 5.41) is 3.43. The molecule has 0 bridgehead atoms. The van der Waals surface area contributed by atoms with E-state index in [0.29, 0.717) is 11.5 Å². The number of piperazine rings is 1. The summed E-state index contributed by atoms with van der Waals surface area (Å²) in [7, 11) is 0. The molecule has 1 aliphatic heterocycles. The Balaban J connectivity index is 2.67. The van der Waals surface area contributed by atoms with Crippen LogP contribution in [0, 0.1) is 5.41 Å². The van der Waals surface area contributed by atoms with E-state index in [4.69, 9.17) is 5.73 Å². The molecular formula is C10H23N3. The number of nitrogens with two attached hydrogens (primary N) is 1. The lowest BCUT2D eigenvalue weighted by molar-refractivity contribution is 0.0458. The van der Waals surface area contributed by atoms with Crippen LogP contribution in [0.3, 0.4) is 0 Å². The van der Waals surface area contributed by atoms with Crippen molar-refractivity contribution in [1.82, 2.24) is 10.2 Å². The zero-order chi connectivity index (χ0) is 10.1. The van der Waals surface area contributed by atoms with Crippen molar-refractivity contribution in [3.05, 3.63) is 0 Å². The van der Waals surface area contributed by atoms with Crippen LogP contribution in [0.25, 0.3) is 0 Å². The Hall–Kier alpha value is -0.120. The maximum atomic E-state index is 5.95. The molecule has 1 saturated heterocycles. The van der Waals surface area contributed by atoms with E-state index in [1.807, 2.05) is 0 Å². The van der Waals surface area contributed by atoms with Gasteiger partial charge in [-0.25, -0.2) is 0 Å². The summed E-state index contributed by atoms with van der Waals surface area (Å²) >= 11 is 0. The van der Waals surface area contributed by atoms with Crippen LogP contribution in [0.4, 0.5) is 0 Å². The molecule has 0 aliphatic carbocycles. The van der Waals surface area contributed by atoms with E-state index < -0.39 is 0 Å². The monoisotopic (exact) mass is 185 g/mol. The lowest BCUT2D eigenvalue weighted by Crippen LogP contribution is -2.61. The van der Waals surface area contributed by atoms with Crippen LogP contribution < -0.4 is 11.1 Å². The van der Waals surface area contributed by atoms with Crippen LogP contribution >= 0.6 is 0 Å². The van der Waals surface area contributed by atoms with Crippen molar-refractivity contribution in [2.75, 3.05) is 19.6 Å². The maximum Gasteiger partial charge on any atom is 0.0546 e. The Labute approximate surface area is 81.7 Å². The fourth-order valence-corrected chi connectivity index (χ4v) is 2.01. The van der Waals surface area contributed by atoms with E-state index in [9.17, 15) is 0 Å². The van der Waals surface area contributed by atoms with Gasteiger partial charge in [0.2, 0.25) is 0 Å². The molecule has 0 aromatic rings. The molecule has 2 unspecified atom stereocenters. The molecule has 0 spiro atoms. The molecule has 13 heavy (non-hydrogen) atoms. The van der Waals surface area contributed by atoms with Gasteiger partial charge in [-0.15, -0.1) is 0 Å². The molecule has 3 heteroatoms. The van der Waals surface area contributed by atoms with E-state index in [0.717, 1.165) is 19.6 Å². The molecule has 0 saturated carbocycles. The summed E-state index contributed by atoms with van der Waals surface area (Å²) in [5.74, 6) is 0. The van der Waals surface area contributed by atoms with Gasteiger partial charge in [-0.2, -0.15) is 0 Å². The van der Waals surface area contributed by atoms with Crippen LogP contribution in [0.2, 0.25) is 0 Å². The van der Waals surface area contributed by atoms with Crippen LogP contribution in [0.5, 0.6) is 0 Å². The first-order valence-corrected chi connectivity index (χ1v) is 5.15. The minimum absolute atomic E-state index is 0.173. The Morgan fingerprint density at radius 1 is 1.46 bits per heavy atom. The van der Waals surface area contributed by atoms with Crippen LogP contribution in [-0.4, -0.2) is 36.7 Å². The Bertz CT molecular complexity index is 160. The molecule has 0 radical (unpaired) electrons. The van der Waals surface area contributed by atoms with E-state index in [1.165, 1.54) is 0 Å². The van der Waals surface area contributed by atoms with E-state index in [1.54, 1.807) is 0 Å². The van der Waals surface area contributed by atoms with Gasteiger partial charge in [0.25, 0.3) is 0 Å². The third-order valence-electron chi connectivity index (χ3n) is 2.81. The van der Waals surface area contributed by atoms with E-state index in [2.05, 4.69) is 37.9 Å². The minimum atomic E-state index is 0.173. The second-order valence-electron chi connectivity index (χ2n) is 5.06. The molecule has 1 fully saturated rings. The normalized spacial score (nSPS) is 28.8. The fraction of sp³-hybridized carbons (Fsp3) is 1.00. The number of nitrogens with one attached hydrogen (secondary N) is 1. The SMILES string of the molecule is CC(N)N1CCNCC1C(C)(C)C. The highest BCUT2D eigenvalue weighted by Gasteiger charge is 2.33. The summed E-state index contributed by atoms with van der Waals surface area (Å²) in [6, 6.07) is 0.557. The molecule has 1 rings (SSSR count). The van der Waals surface area contributed by atoms with Crippen molar-refractivity contribution in [1.29, 1.82) is 0 Å². The third kappa shape index (κ3) is 2.66. The van der Waals surface area contributed by atoms with Gasteiger partial charge >= 0.3 is 0 Å². The predicted molar refractivity (Wildman–Crippen MR) is 56.5 cm³/mol. The highest BCUT2D eigenvalue weighted by Crippen LogP contribution is 2.25. The third-order valence-corrected chi connectivity index (χ3v) is 2.81. The molecule has 1 heterocycles. The quantitative estimate of drug-likeness (QED) is 0.629. The predicted octanol–water partition coefficient (Wildman–Crippen LogP) is 0.611. The number of hydrogen-bond donors (Lipinski definition) is 2. The van der Waals surface area contributed by atoms with Crippen molar-refractivity contribution < 1.29 is 0 Å². The maximum absolute atomic E-state index is 5.95. The number of rotatable bonds is 1. The summed E-state index contributed by atoms with van der Waals surface area (Å²) in [6.07, 6.45) is 0.173. The minimum Gasteiger partial charge on any atom is -0.316 e. The summed E-state index contributed by atoms with van der Waals surface area (Å²) in [4.78, 5) is 2.40. The lowest BCUT2D eigenvalue weighted by Gasteiger charge is -2.45. The van der Waals surface area contributed by atoms with Crippen LogP contribution in [-0.2, 0) is 0 Å². The highest BCUT2D eigenvalue weighted by molar-refractivity contribution is 4.89. The van der Waals surface area contributed by atoms with Gasteiger partial charge in [-0.05, 0) is 12.3 Å². The first-order valence-electron chi connectivity index (χ1n) is 5.15. The Morgan fingerprint density at radius 2 is 2.08 bits per heavy atom. The molecule has 3 N–H and O–H groups in total. The largest absolute Gasteiger partial charge is 0.316 e. The molecular weight excluding hydrogens is 162 g/mol. The Morgan fingerprint density at radius 3 is 2.46 bits per heavy atom. The molecule has 78 valence electrons. The van der Waals surface area contributed by atoms with Gasteiger partial charge < -0.3 is 11.1 Å². The van der Waals surface area contributed by atoms with Gasteiger partial charge in [0.15, 0.2) is 0 Å². The molecule has 1 aliphatic rings. The average Bonchev–Trinajstić information content (AvgIpc) is 2.03. The van der Waals surface area contributed by atoms with Gasteiger partial charge in [-0.3, -0.25) is 4.90 Å². The van der Waals surface area contributed by atoms with E-state index >= 15 is 0 Å². The smallest absolute Gasteiger partial charge is 0.0546 e. The fourth-order valence-electron chi connectivity index (χ4n) is 2.01. The second kappa shape index (κ2) is 3.95. The van der Waals surface area contributed by atoms with Crippen molar-refractivity contribution in [2.24, 2.45) is 11.1 Å². The van der Waals surface area contributed by atoms with E-state index in [-0.39, 0.29) is 6.17 Å². The second-order valence-corrected chi connectivity index (χ2v) is 5.06. The van der Waals surface area contributed by atoms with Crippen molar-refractivity contribution in [3.8, 4) is 0 Å². The summed E-state index contributed by atoms with van der Waals surface area (Å²) in [5.41, 5.74) is 6.26. The van der Waals surface area contributed by atoms with Gasteiger partial charge in [0.05, 0.1) is 6.17 Å². The first-order chi connectivity index (χ1) is 5.93. The van der Waals surface area contributed by atoms with Gasteiger partial charge in [0, 0.05) is 25.7 Å². The Kier molecular flexibility index (Phi) is 3.33. The zero-order valence-corrected chi connectivity index (χ0v) is 9.30. The standard InChI is InChI=1S/C10H23N3/c1-8(11)13-6-5-12-7-9(13)10(2,3)4/h8-9,12H,5-7,11H2,1-4H3. The first kappa shape index (κ1) is 11.0. The van der Waals surface area contributed by atoms with Crippen molar-refractivity contribution in [2.45, 2.75) is 39.9 Å². The van der Waals surface area contributed by atoms with Crippen molar-refractivity contribution >= 4 is 0 Å². The zero-order valence-electron chi connectivity index (χ0n) is 9.30. The number of hydrogen-bond acceptors (Lipinski definition) is 3. The summed E-state index contributed by atoms with van der Waals surface area (Å²) < 4.78 is 0. The van der Waals surface area contributed by atoms with Crippen LogP contribution in [0.1, 0.15) is 27.7 Å². The van der Waals surface area contributed by atoms with Gasteiger partial charge in [0.1, 0.15) is 0 Å². The summed E-state index contributed by atoms with van der Waals surface area (Å²) in [6.45, 7) is 12.1. The van der Waals surface area contributed by atoms with Crippen LogP contribution in [0.15, 0.2) is 0 Å². The molecule has 3 nitrogen and oxygen atoms in total. The van der Waals surface area contributed by atoms with Crippen molar-refractivity contribution in [3.63, 3.8) is 0 Å². The molecule has 0 aromatic heterocycles. The number of nitrogens with zero attached hydrogens (tertiary/aromatic N) is 1. The molecule has 2 atom stereocenters. The molecule has 0 aromatic carbocycles. The average molecular weight is 185 g/mol. The molecule has 0 amide bonds. The van der Waals surface area contributed by atoms with Gasteiger partial charge in [-0.1, -0.05) is 20.8 Å². The highest BCUT2D eigenvalue weighted by atomic mass is 15.3. The lowest BCUT2D eigenvalue weighted by atomic mass is 9.84.